The van der Waals surface area contributed by atoms with Crippen LogP contribution in [0.1, 0.15) is 51.0 Å². The van der Waals surface area contributed by atoms with Crippen LogP contribution in [0.15, 0.2) is 30.3 Å². The van der Waals surface area contributed by atoms with Gasteiger partial charge in [-0.05, 0) is 31.2 Å². The summed E-state index contributed by atoms with van der Waals surface area (Å²) >= 11 is 6.18. The summed E-state index contributed by atoms with van der Waals surface area (Å²) in [4.78, 5) is 12.5. The molecular formula is C17H24ClNO. The highest BCUT2D eigenvalue weighted by atomic mass is 35.5. The fourth-order valence-electron chi connectivity index (χ4n) is 3.19. The summed E-state index contributed by atoms with van der Waals surface area (Å²) in [5.41, 5.74) is 0.845. The van der Waals surface area contributed by atoms with Gasteiger partial charge in [0.05, 0.1) is 11.5 Å². The summed E-state index contributed by atoms with van der Waals surface area (Å²) in [5, 5.41) is 3.24. The van der Waals surface area contributed by atoms with Gasteiger partial charge in [-0.1, -0.05) is 50.1 Å². The molecule has 3 heteroatoms. The van der Waals surface area contributed by atoms with Crippen LogP contribution in [0.4, 0.5) is 0 Å². The van der Waals surface area contributed by atoms with Crippen molar-refractivity contribution in [2.75, 3.05) is 5.88 Å². The molecule has 1 fully saturated rings. The summed E-state index contributed by atoms with van der Waals surface area (Å²) in [6, 6.07) is 9.91. The molecule has 1 aliphatic carbocycles. The molecule has 110 valence electrons. The van der Waals surface area contributed by atoms with Gasteiger partial charge in [-0.15, -0.1) is 11.6 Å². The van der Waals surface area contributed by atoms with Gasteiger partial charge in [-0.3, -0.25) is 4.79 Å². The van der Waals surface area contributed by atoms with E-state index in [4.69, 9.17) is 11.6 Å². The lowest BCUT2D eigenvalue weighted by molar-refractivity contribution is -0.124. The van der Waals surface area contributed by atoms with Crippen molar-refractivity contribution in [3.63, 3.8) is 0 Å². The van der Waals surface area contributed by atoms with Gasteiger partial charge in [0.15, 0.2) is 0 Å². The zero-order valence-corrected chi connectivity index (χ0v) is 13.1. The minimum absolute atomic E-state index is 0.0888. The first kappa shape index (κ1) is 15.4. The molecule has 3 atom stereocenters. The number of halogens is 1. The Bertz CT molecular complexity index is 448. The summed E-state index contributed by atoms with van der Waals surface area (Å²) < 4.78 is 0. The van der Waals surface area contributed by atoms with Crippen molar-refractivity contribution in [1.29, 1.82) is 0 Å². The molecule has 0 aromatic heterocycles. The maximum Gasteiger partial charge on any atom is 0.227 e. The molecule has 0 heterocycles. The van der Waals surface area contributed by atoms with E-state index in [0.29, 0.717) is 11.8 Å². The third-order valence-electron chi connectivity index (χ3n) is 4.43. The Kier molecular flexibility index (Phi) is 5.09. The minimum Gasteiger partial charge on any atom is -0.349 e. The Morgan fingerprint density at radius 3 is 2.75 bits per heavy atom. The topological polar surface area (TPSA) is 29.1 Å². The molecule has 1 N–H and O–H groups in total. The highest BCUT2D eigenvalue weighted by Crippen LogP contribution is 2.33. The summed E-state index contributed by atoms with van der Waals surface area (Å²) in [6.07, 6.45) is 4.37. The van der Waals surface area contributed by atoms with Gasteiger partial charge < -0.3 is 5.32 Å². The number of carbonyl (C=O) groups is 1. The first-order chi connectivity index (χ1) is 9.56. The van der Waals surface area contributed by atoms with E-state index in [9.17, 15) is 4.79 Å². The smallest absolute Gasteiger partial charge is 0.227 e. The first-order valence-corrected chi connectivity index (χ1v) is 8.03. The van der Waals surface area contributed by atoms with E-state index in [1.807, 2.05) is 37.3 Å². The van der Waals surface area contributed by atoms with Gasteiger partial charge in [-0.2, -0.15) is 0 Å². The van der Waals surface area contributed by atoms with Crippen LogP contribution >= 0.6 is 11.6 Å². The van der Waals surface area contributed by atoms with Gasteiger partial charge in [0, 0.05) is 5.88 Å². The average Bonchev–Trinajstić information content (AvgIpc) is 2.47. The molecule has 0 radical (unpaired) electrons. The Morgan fingerprint density at radius 2 is 2.15 bits per heavy atom. The molecular weight excluding hydrogens is 270 g/mol. The van der Waals surface area contributed by atoms with E-state index in [-0.39, 0.29) is 17.4 Å². The molecule has 1 amide bonds. The van der Waals surface area contributed by atoms with Crippen molar-refractivity contribution in [2.24, 2.45) is 5.92 Å². The fourth-order valence-corrected chi connectivity index (χ4v) is 3.50. The van der Waals surface area contributed by atoms with E-state index in [1.54, 1.807) is 0 Å². The van der Waals surface area contributed by atoms with Crippen molar-refractivity contribution in [2.45, 2.75) is 51.0 Å². The van der Waals surface area contributed by atoms with Crippen molar-refractivity contribution in [3.8, 4) is 0 Å². The molecule has 0 bridgehead atoms. The maximum absolute atomic E-state index is 12.5. The molecule has 1 saturated carbocycles. The molecule has 1 aromatic carbocycles. The van der Waals surface area contributed by atoms with Crippen molar-refractivity contribution < 1.29 is 4.79 Å². The van der Waals surface area contributed by atoms with Gasteiger partial charge in [0.2, 0.25) is 5.91 Å². The molecule has 1 aromatic rings. The Balaban J connectivity index is 2.06. The lowest BCUT2D eigenvalue weighted by Gasteiger charge is -2.40. The number of rotatable bonds is 4. The second-order valence-corrected chi connectivity index (χ2v) is 6.50. The average molecular weight is 294 g/mol. The van der Waals surface area contributed by atoms with Crippen LogP contribution in [0.3, 0.4) is 0 Å². The monoisotopic (exact) mass is 293 g/mol. The third-order valence-corrected chi connectivity index (χ3v) is 4.94. The Hall–Kier alpha value is -1.02. The highest BCUT2D eigenvalue weighted by molar-refractivity contribution is 6.18. The van der Waals surface area contributed by atoms with E-state index in [0.717, 1.165) is 24.8 Å². The van der Waals surface area contributed by atoms with E-state index in [1.165, 1.54) is 6.42 Å². The zero-order valence-electron chi connectivity index (χ0n) is 12.4. The summed E-state index contributed by atoms with van der Waals surface area (Å²) in [5.74, 6) is 1.10. The number of hydrogen-bond acceptors (Lipinski definition) is 1. The highest BCUT2D eigenvalue weighted by Gasteiger charge is 2.36. The summed E-state index contributed by atoms with van der Waals surface area (Å²) in [7, 11) is 0. The zero-order chi connectivity index (χ0) is 14.6. The molecule has 20 heavy (non-hydrogen) atoms. The Labute approximate surface area is 126 Å². The van der Waals surface area contributed by atoms with Crippen molar-refractivity contribution in [1.82, 2.24) is 5.32 Å². The SMILES string of the molecule is CC1CCCC(CCl)(NC(=O)C(C)c2ccccc2)C1. The van der Waals surface area contributed by atoms with Gasteiger partial charge in [0.25, 0.3) is 0 Å². The lowest BCUT2D eigenvalue weighted by atomic mass is 9.77. The number of benzene rings is 1. The summed E-state index contributed by atoms with van der Waals surface area (Å²) in [6.45, 7) is 4.20. The van der Waals surface area contributed by atoms with Gasteiger partial charge in [0.1, 0.15) is 0 Å². The van der Waals surface area contributed by atoms with E-state index >= 15 is 0 Å². The molecule has 3 unspecified atom stereocenters. The standard InChI is InChI=1S/C17H24ClNO/c1-13-7-6-10-17(11-13,12-18)19-16(20)14(2)15-8-4-3-5-9-15/h3-5,8-9,13-14H,6-7,10-12H2,1-2H3,(H,19,20). The van der Waals surface area contributed by atoms with Crippen LogP contribution in [-0.2, 0) is 4.79 Å². The van der Waals surface area contributed by atoms with Crippen molar-refractivity contribution >= 4 is 17.5 Å². The molecule has 2 nitrogen and oxygen atoms in total. The second kappa shape index (κ2) is 6.62. The molecule has 0 aliphatic heterocycles. The van der Waals surface area contributed by atoms with Crippen LogP contribution in [-0.4, -0.2) is 17.3 Å². The lowest BCUT2D eigenvalue weighted by Crippen LogP contribution is -2.53. The van der Waals surface area contributed by atoms with Gasteiger partial charge >= 0.3 is 0 Å². The van der Waals surface area contributed by atoms with Crippen LogP contribution in [0, 0.1) is 5.92 Å². The van der Waals surface area contributed by atoms with E-state index in [2.05, 4.69) is 12.2 Å². The Morgan fingerprint density at radius 1 is 1.45 bits per heavy atom. The van der Waals surface area contributed by atoms with Crippen LogP contribution in [0.2, 0.25) is 0 Å². The number of alkyl halides is 1. The number of carbonyl (C=O) groups excluding carboxylic acids is 1. The fraction of sp³-hybridized carbons (Fsp3) is 0.588. The van der Waals surface area contributed by atoms with E-state index < -0.39 is 0 Å². The van der Waals surface area contributed by atoms with Crippen LogP contribution in [0.25, 0.3) is 0 Å². The van der Waals surface area contributed by atoms with Crippen LogP contribution < -0.4 is 5.32 Å². The largest absolute Gasteiger partial charge is 0.349 e. The molecule has 0 saturated heterocycles. The number of nitrogens with one attached hydrogen (secondary N) is 1. The maximum atomic E-state index is 12.5. The second-order valence-electron chi connectivity index (χ2n) is 6.24. The molecule has 2 rings (SSSR count). The van der Waals surface area contributed by atoms with Gasteiger partial charge in [-0.25, -0.2) is 0 Å². The number of hydrogen-bond donors (Lipinski definition) is 1. The molecule has 0 spiro atoms. The predicted octanol–water partition coefficient (Wildman–Crippen LogP) is 4.09. The first-order valence-electron chi connectivity index (χ1n) is 7.49. The third kappa shape index (κ3) is 3.54. The van der Waals surface area contributed by atoms with Crippen LogP contribution in [0.5, 0.6) is 0 Å². The quantitative estimate of drug-likeness (QED) is 0.832. The predicted molar refractivity (Wildman–Crippen MR) is 84.1 cm³/mol. The normalized spacial score (nSPS) is 27.9. The number of amides is 1. The minimum atomic E-state index is -0.209. The molecule has 1 aliphatic rings. The van der Waals surface area contributed by atoms with Crippen molar-refractivity contribution in [3.05, 3.63) is 35.9 Å².